The summed E-state index contributed by atoms with van der Waals surface area (Å²) in [5.74, 6) is 1.42. The normalized spacial score (nSPS) is 15.3. The average molecular weight is 323 g/mol. The van der Waals surface area contributed by atoms with Gasteiger partial charge in [0.2, 0.25) is 0 Å². The Morgan fingerprint density at radius 1 is 1.04 bits per heavy atom. The van der Waals surface area contributed by atoms with Crippen molar-refractivity contribution in [1.82, 2.24) is 4.90 Å². The molecule has 1 heterocycles. The van der Waals surface area contributed by atoms with E-state index in [9.17, 15) is 4.79 Å². The summed E-state index contributed by atoms with van der Waals surface area (Å²) < 4.78 is 5.68. The first kappa shape index (κ1) is 16.6. The summed E-state index contributed by atoms with van der Waals surface area (Å²) in [6.45, 7) is 5.88. The molecular weight excluding hydrogens is 298 g/mol. The van der Waals surface area contributed by atoms with Crippen molar-refractivity contribution in [3.05, 3.63) is 65.2 Å². The maximum atomic E-state index is 12.4. The molecule has 126 valence electrons. The van der Waals surface area contributed by atoms with Gasteiger partial charge in [-0.25, -0.2) is 0 Å². The van der Waals surface area contributed by atoms with Crippen LogP contribution in [0.5, 0.6) is 5.75 Å². The largest absolute Gasteiger partial charge is 0.484 e. The molecule has 1 amide bonds. The molecule has 3 nitrogen and oxygen atoms in total. The quantitative estimate of drug-likeness (QED) is 0.848. The second-order valence-electron chi connectivity index (χ2n) is 6.60. The van der Waals surface area contributed by atoms with E-state index in [4.69, 9.17) is 4.74 Å². The zero-order chi connectivity index (χ0) is 16.9. The average Bonchev–Trinajstić information content (AvgIpc) is 2.63. The first-order valence-electron chi connectivity index (χ1n) is 8.66. The number of carbonyl (C=O) groups is 1. The van der Waals surface area contributed by atoms with Crippen molar-refractivity contribution in [2.75, 3.05) is 19.7 Å². The third kappa shape index (κ3) is 3.97. The Morgan fingerprint density at radius 3 is 2.42 bits per heavy atom. The molecule has 0 spiro atoms. The number of amides is 1. The minimum atomic E-state index is 0.0831. The van der Waals surface area contributed by atoms with Crippen LogP contribution in [0.1, 0.15) is 35.4 Å². The lowest BCUT2D eigenvalue weighted by Crippen LogP contribution is -2.40. The smallest absolute Gasteiger partial charge is 0.260 e. The van der Waals surface area contributed by atoms with Crippen molar-refractivity contribution in [3.8, 4) is 5.75 Å². The molecule has 1 aliphatic heterocycles. The van der Waals surface area contributed by atoms with Gasteiger partial charge in [0.25, 0.3) is 5.91 Å². The molecule has 1 saturated heterocycles. The summed E-state index contributed by atoms with van der Waals surface area (Å²) in [5.41, 5.74) is 3.80. The highest BCUT2D eigenvalue weighted by atomic mass is 16.5. The van der Waals surface area contributed by atoms with Crippen LogP contribution in [0.15, 0.2) is 48.5 Å². The molecule has 0 bridgehead atoms. The van der Waals surface area contributed by atoms with E-state index in [1.54, 1.807) is 0 Å². The monoisotopic (exact) mass is 323 g/mol. The number of hydrogen-bond acceptors (Lipinski definition) is 2. The highest BCUT2D eigenvalue weighted by molar-refractivity contribution is 5.77. The van der Waals surface area contributed by atoms with Crippen LogP contribution in [0, 0.1) is 13.8 Å². The number of hydrogen-bond donors (Lipinski definition) is 0. The predicted octanol–water partition coefficient (Wildman–Crippen LogP) is 4.09. The van der Waals surface area contributed by atoms with Gasteiger partial charge >= 0.3 is 0 Å². The van der Waals surface area contributed by atoms with Crippen molar-refractivity contribution < 1.29 is 9.53 Å². The lowest BCUT2D eigenvalue weighted by molar-refractivity contribution is -0.134. The van der Waals surface area contributed by atoms with Crippen LogP contribution in [0.2, 0.25) is 0 Å². The van der Waals surface area contributed by atoms with E-state index >= 15 is 0 Å². The third-order valence-electron chi connectivity index (χ3n) is 4.96. The Bertz CT molecular complexity index is 688. The van der Waals surface area contributed by atoms with Gasteiger partial charge in [-0.05, 0) is 61.4 Å². The summed E-state index contributed by atoms with van der Waals surface area (Å²) in [4.78, 5) is 14.3. The number of rotatable bonds is 4. The van der Waals surface area contributed by atoms with Crippen molar-refractivity contribution in [2.24, 2.45) is 0 Å². The fourth-order valence-corrected chi connectivity index (χ4v) is 3.23. The van der Waals surface area contributed by atoms with Crippen LogP contribution < -0.4 is 4.74 Å². The van der Waals surface area contributed by atoms with Gasteiger partial charge in [0.1, 0.15) is 5.75 Å². The Kier molecular flexibility index (Phi) is 5.19. The summed E-state index contributed by atoms with van der Waals surface area (Å²) in [6, 6.07) is 16.5. The number of nitrogens with zero attached hydrogens (tertiary/aromatic N) is 1. The van der Waals surface area contributed by atoms with Crippen molar-refractivity contribution in [3.63, 3.8) is 0 Å². The topological polar surface area (TPSA) is 29.5 Å². The van der Waals surface area contributed by atoms with Gasteiger partial charge in [-0.2, -0.15) is 0 Å². The molecule has 0 atom stereocenters. The molecule has 2 aromatic carbocycles. The van der Waals surface area contributed by atoms with E-state index in [0.29, 0.717) is 5.92 Å². The maximum Gasteiger partial charge on any atom is 0.260 e. The van der Waals surface area contributed by atoms with Crippen molar-refractivity contribution in [1.29, 1.82) is 0 Å². The minimum absolute atomic E-state index is 0.0831. The standard InChI is InChI=1S/C21H25NO2/c1-16-8-9-20(14-17(16)2)24-15-21(23)22-12-10-19(11-13-22)18-6-4-3-5-7-18/h3-9,14,19H,10-13,15H2,1-2H3. The van der Waals surface area contributed by atoms with Crippen LogP contribution >= 0.6 is 0 Å². The number of ether oxygens (including phenoxy) is 1. The highest BCUT2D eigenvalue weighted by Crippen LogP contribution is 2.27. The molecule has 0 aliphatic carbocycles. The van der Waals surface area contributed by atoms with E-state index in [1.807, 2.05) is 29.2 Å². The zero-order valence-electron chi connectivity index (χ0n) is 14.5. The molecule has 1 fully saturated rings. The first-order valence-corrected chi connectivity index (χ1v) is 8.66. The fraction of sp³-hybridized carbons (Fsp3) is 0.381. The van der Waals surface area contributed by atoms with Gasteiger partial charge < -0.3 is 9.64 Å². The van der Waals surface area contributed by atoms with Gasteiger partial charge in [-0.15, -0.1) is 0 Å². The predicted molar refractivity (Wildman–Crippen MR) is 96.4 cm³/mol. The van der Waals surface area contributed by atoms with Crippen LogP contribution in [0.3, 0.4) is 0 Å². The van der Waals surface area contributed by atoms with E-state index in [0.717, 1.165) is 31.7 Å². The molecule has 0 radical (unpaired) electrons. The second kappa shape index (κ2) is 7.52. The molecule has 0 saturated carbocycles. The van der Waals surface area contributed by atoms with Gasteiger partial charge in [0.05, 0.1) is 0 Å². The van der Waals surface area contributed by atoms with E-state index in [2.05, 4.69) is 38.1 Å². The van der Waals surface area contributed by atoms with Crippen LogP contribution in [0.4, 0.5) is 0 Å². The Morgan fingerprint density at radius 2 is 1.75 bits per heavy atom. The van der Waals surface area contributed by atoms with E-state index in [1.165, 1.54) is 16.7 Å². The van der Waals surface area contributed by atoms with E-state index < -0.39 is 0 Å². The SMILES string of the molecule is Cc1ccc(OCC(=O)N2CCC(c3ccccc3)CC2)cc1C. The molecule has 24 heavy (non-hydrogen) atoms. The second-order valence-corrected chi connectivity index (χ2v) is 6.60. The Balaban J connectivity index is 1.49. The minimum Gasteiger partial charge on any atom is -0.484 e. The molecular formula is C21H25NO2. The fourth-order valence-electron chi connectivity index (χ4n) is 3.23. The lowest BCUT2D eigenvalue weighted by Gasteiger charge is -2.32. The molecule has 0 unspecified atom stereocenters. The summed E-state index contributed by atoms with van der Waals surface area (Å²) >= 11 is 0. The zero-order valence-corrected chi connectivity index (χ0v) is 14.5. The van der Waals surface area contributed by atoms with Crippen LogP contribution in [0.25, 0.3) is 0 Å². The van der Waals surface area contributed by atoms with Gasteiger partial charge in [-0.1, -0.05) is 36.4 Å². The Hall–Kier alpha value is -2.29. The van der Waals surface area contributed by atoms with Crippen LogP contribution in [-0.4, -0.2) is 30.5 Å². The molecule has 0 aromatic heterocycles. The molecule has 3 heteroatoms. The third-order valence-corrected chi connectivity index (χ3v) is 4.96. The number of aryl methyl sites for hydroxylation is 2. The molecule has 2 aromatic rings. The first-order chi connectivity index (χ1) is 11.6. The summed E-state index contributed by atoms with van der Waals surface area (Å²) in [6.07, 6.45) is 2.05. The number of carbonyl (C=O) groups excluding carboxylic acids is 1. The highest BCUT2D eigenvalue weighted by Gasteiger charge is 2.23. The van der Waals surface area contributed by atoms with Crippen LogP contribution in [-0.2, 0) is 4.79 Å². The van der Waals surface area contributed by atoms with Gasteiger partial charge in [0, 0.05) is 13.1 Å². The molecule has 0 N–H and O–H groups in total. The maximum absolute atomic E-state index is 12.4. The van der Waals surface area contributed by atoms with Crippen molar-refractivity contribution >= 4 is 5.91 Å². The van der Waals surface area contributed by atoms with Gasteiger partial charge in [0.15, 0.2) is 6.61 Å². The van der Waals surface area contributed by atoms with Gasteiger partial charge in [-0.3, -0.25) is 4.79 Å². The lowest BCUT2D eigenvalue weighted by atomic mass is 9.89. The van der Waals surface area contributed by atoms with Crippen molar-refractivity contribution in [2.45, 2.75) is 32.6 Å². The number of likely N-dealkylation sites (tertiary alicyclic amines) is 1. The number of benzene rings is 2. The Labute approximate surface area is 144 Å². The summed E-state index contributed by atoms with van der Waals surface area (Å²) in [5, 5.41) is 0. The molecule has 3 rings (SSSR count). The number of piperidine rings is 1. The summed E-state index contributed by atoms with van der Waals surface area (Å²) in [7, 11) is 0. The molecule has 1 aliphatic rings. The van der Waals surface area contributed by atoms with E-state index in [-0.39, 0.29) is 12.5 Å².